The van der Waals surface area contributed by atoms with Crippen molar-refractivity contribution in [2.75, 3.05) is 19.8 Å². The fourth-order valence-electron chi connectivity index (χ4n) is 3.96. The Kier molecular flexibility index (Phi) is 63.8. The second kappa shape index (κ2) is 43.2. The van der Waals surface area contributed by atoms with Crippen LogP contribution < -0.4 is 462 Å². The summed E-state index contributed by atoms with van der Waals surface area (Å²) in [6, 6.07) is 0. The molecule has 1 rings (SSSR count). The maximum Gasteiger partial charge on any atom is 1.00 e. The normalized spacial score (nSPS) is 21.0. The average molecular weight is 1410 g/mol. The van der Waals surface area contributed by atoms with E-state index in [1.54, 1.807) is 0 Å². The first kappa shape index (κ1) is 100. The molecule has 354 valence electrons. The summed E-state index contributed by atoms with van der Waals surface area (Å²) in [5, 5.41) is 0. The molecule has 0 aliphatic carbocycles. The molecule has 0 N–H and O–H groups in total. The van der Waals surface area contributed by atoms with Crippen LogP contribution in [0, 0.1) is 0 Å². The molecule has 0 radical (unpaired) electrons. The van der Waals surface area contributed by atoms with Gasteiger partial charge in [0.15, 0.2) is 12.4 Å². The summed E-state index contributed by atoms with van der Waals surface area (Å²) in [6.45, 7) is -7.36. The first-order valence-electron chi connectivity index (χ1n) is 12.8. The zero-order chi connectivity index (χ0) is 46.6. The number of hydrogen-bond donors (Lipinski definition) is 0. The fraction of sp³-hybridized carbons (Fsp3) is 1.00. The van der Waals surface area contributed by atoms with Crippen molar-refractivity contribution in [1.29, 1.82) is 0 Å². The molecule has 9 atom stereocenters. The molecule has 1 aliphatic rings. The van der Waals surface area contributed by atoms with Gasteiger partial charge in [0.2, 0.25) is 93.6 Å². The van der Waals surface area contributed by atoms with Crippen LogP contribution in [0.1, 0.15) is 0 Å². The minimum atomic E-state index is -6.83. The Morgan fingerprint density at radius 3 is 0.941 bits per heavy atom. The Morgan fingerprint density at radius 1 is 0.353 bits per heavy atom. The van der Waals surface area contributed by atoms with Crippen molar-refractivity contribution in [3.8, 4) is 0 Å². The monoisotopic (exact) mass is 1410 g/mol. The first-order chi connectivity index (χ1) is 25.8. The Hall–Kier alpha value is 13.5. The summed E-state index contributed by atoms with van der Waals surface area (Å²) >= 11 is 0. The third-order valence-electron chi connectivity index (χ3n) is 5.47. The molecular weight excluding hydrogens is 1390 g/mol. The van der Waals surface area contributed by atoms with E-state index in [9.17, 15) is 117 Å². The maximum absolute atomic E-state index is 11.8. The largest absolute Gasteiger partial charge is 1.00 e. The topological polar surface area (TPSA) is 616 Å². The maximum atomic E-state index is 11.8. The molecule has 38 nitrogen and oxygen atoms in total. The van der Waals surface area contributed by atoms with E-state index in [2.05, 4.69) is 37.6 Å². The molecule has 1 saturated heterocycles. The molecule has 1 heterocycles. The van der Waals surface area contributed by atoms with Gasteiger partial charge < -0.3 is 50.4 Å². The van der Waals surface area contributed by atoms with Gasteiger partial charge in [0, 0.05) is 0 Å². The zero-order valence-electron chi connectivity index (χ0n) is 35.5. The summed E-state index contributed by atoms with van der Waals surface area (Å²) in [4.78, 5) is 0. The SMILES string of the molecule is O=S(=O)([O-])OC[C@H](OS(=O)(=O)[O-])[C@@H](O[C@@H]1O[C@H](COS(=O)(=O)[O-])[C@@H](OS(=O)(=O)[O-])[C@H](OS(=O)(=O)[O-])[C@H]1OS(=O)(=O)[O-])[C@H](OS(=O)(=O)[O-])[C@@H](COS(=O)(=O)[O-])OS(=O)(=O)[O-].[K+].[K+].[K+].[K+].[K+].[K+].[K+].[K+].[K+]. The fourth-order valence-corrected chi connectivity index (χ4v) is 7.78. The van der Waals surface area contributed by atoms with Crippen molar-refractivity contribution in [1.82, 2.24) is 0 Å². The van der Waals surface area contributed by atoms with E-state index in [1.165, 1.54) is 0 Å². The van der Waals surface area contributed by atoms with Crippen molar-refractivity contribution in [2.45, 2.75) is 55.1 Å². The van der Waals surface area contributed by atoms with Gasteiger partial charge >= 0.3 is 462 Å². The average Bonchev–Trinajstić information content (AvgIpc) is 2.92. The van der Waals surface area contributed by atoms with E-state index >= 15 is 0 Å². The number of rotatable bonds is 26. The molecule has 0 saturated carbocycles. The third-order valence-corrected chi connectivity index (χ3v) is 9.54. The Balaban J connectivity index is -0.000000553. The standard InChI is InChI=1S/C12H24O38S9.9K/c13-51(14,15)40-1-4-8(47-56(28,29)30)10(49-58(34,35)36)11(50-59(37,38)39)12(43-4)44-7(5(45-54(22,23)24)2-41-52(16,17)18)9(48-57(31,32)33)6(46-55(25,26)27)3-42-53(19,20)21;;;;;;;;;/h4-12H,1-3H2,(H,13,14,15)(H,16,17,18)(H,19,20,21)(H,22,23,24)(H,25,26,27)(H,28,29,30)(H,31,32,33)(H,34,35,36)(H,37,38,39);;;;;;;;;/q;9*+1/p-9/t4-,5+,6-,7-,8-,9-,10+,11-,12+;;;;;;;;;/m1........./s1. The van der Waals surface area contributed by atoms with Gasteiger partial charge in [-0.05, 0) is 0 Å². The predicted octanol–water partition coefficient (Wildman–Crippen LogP) is -37.4. The summed E-state index contributed by atoms with van der Waals surface area (Å²) in [6.07, 6.45) is -33.8. The van der Waals surface area contributed by atoms with Crippen LogP contribution in [-0.2, 0) is 141 Å². The summed E-state index contributed by atoms with van der Waals surface area (Å²) in [5.41, 5.74) is 0. The molecule has 0 amide bonds. The molecule has 0 spiro atoms. The minimum absolute atomic E-state index is 0. The number of ether oxygens (including phenoxy) is 2. The van der Waals surface area contributed by atoms with Gasteiger partial charge in [-0.2, -0.15) is 0 Å². The van der Waals surface area contributed by atoms with Crippen LogP contribution in [-0.4, -0.2) is 192 Å². The van der Waals surface area contributed by atoms with E-state index in [0.717, 1.165) is 0 Å². The van der Waals surface area contributed by atoms with Gasteiger partial charge in [-0.1, -0.05) is 0 Å². The minimum Gasteiger partial charge on any atom is -0.726 e. The van der Waals surface area contributed by atoms with Crippen molar-refractivity contribution in [3.05, 3.63) is 0 Å². The van der Waals surface area contributed by atoms with Crippen molar-refractivity contribution in [3.63, 3.8) is 0 Å². The zero-order valence-corrected chi connectivity index (χ0v) is 71.0. The van der Waals surface area contributed by atoms with Gasteiger partial charge in [-0.3, -0.25) is 37.6 Å². The molecule has 0 aromatic carbocycles. The Bertz CT molecular complexity index is 2510. The van der Waals surface area contributed by atoms with E-state index in [4.69, 9.17) is 9.47 Å². The molecule has 1 fully saturated rings. The van der Waals surface area contributed by atoms with E-state index in [-0.39, 0.29) is 462 Å². The van der Waals surface area contributed by atoms with Gasteiger partial charge in [0.25, 0.3) is 0 Å². The molecule has 0 bridgehead atoms. The number of hydrogen-bond acceptors (Lipinski definition) is 38. The summed E-state index contributed by atoms with van der Waals surface area (Å²) < 4.78 is 352. The Morgan fingerprint density at radius 2 is 0.647 bits per heavy atom. The van der Waals surface area contributed by atoms with Gasteiger partial charge in [-0.25, -0.2) is 75.8 Å². The van der Waals surface area contributed by atoms with Crippen molar-refractivity contribution in [2.24, 2.45) is 0 Å². The molecular formula is C12H15K9O38S9. The molecule has 0 aromatic rings. The summed E-state index contributed by atoms with van der Waals surface area (Å²) in [5.74, 6) is 0. The van der Waals surface area contributed by atoms with Crippen LogP contribution in [0.2, 0.25) is 0 Å². The molecule has 0 unspecified atom stereocenters. The Labute approximate surface area is 771 Å². The first-order valence-corrected chi connectivity index (χ1v) is 24.8. The van der Waals surface area contributed by atoms with Crippen molar-refractivity contribution < 1.29 is 626 Å². The van der Waals surface area contributed by atoms with Gasteiger partial charge in [-0.15, -0.1) is 0 Å². The van der Waals surface area contributed by atoms with E-state index in [0.29, 0.717) is 0 Å². The van der Waals surface area contributed by atoms with Crippen LogP contribution in [0.15, 0.2) is 0 Å². The molecule has 1 aliphatic heterocycles. The predicted molar refractivity (Wildman–Crippen MR) is 148 cm³/mol. The van der Waals surface area contributed by atoms with Gasteiger partial charge in [0.1, 0.15) is 42.7 Å². The third kappa shape index (κ3) is 51.5. The van der Waals surface area contributed by atoms with Crippen LogP contribution in [0.5, 0.6) is 0 Å². The second-order valence-corrected chi connectivity index (χ2v) is 18.9. The molecule has 56 heteroatoms. The molecule has 68 heavy (non-hydrogen) atoms. The van der Waals surface area contributed by atoms with Crippen LogP contribution in [0.25, 0.3) is 0 Å². The quantitative estimate of drug-likeness (QED) is 0.0441. The van der Waals surface area contributed by atoms with E-state index in [1.807, 2.05) is 0 Å². The van der Waals surface area contributed by atoms with Gasteiger partial charge in [0.05, 0.1) is 19.8 Å². The van der Waals surface area contributed by atoms with Crippen LogP contribution in [0.4, 0.5) is 0 Å². The van der Waals surface area contributed by atoms with Crippen LogP contribution in [0.3, 0.4) is 0 Å². The van der Waals surface area contributed by atoms with E-state index < -0.39 is 169 Å². The van der Waals surface area contributed by atoms with Crippen LogP contribution >= 0.6 is 0 Å². The summed E-state index contributed by atoms with van der Waals surface area (Å²) in [7, 11) is -58.8. The molecule has 0 aromatic heterocycles. The smallest absolute Gasteiger partial charge is 0.726 e. The van der Waals surface area contributed by atoms with Crippen molar-refractivity contribution >= 4 is 93.6 Å². The second-order valence-electron chi connectivity index (χ2n) is 9.68.